The van der Waals surface area contributed by atoms with E-state index in [1.165, 1.54) is 13.8 Å². The van der Waals surface area contributed by atoms with Crippen molar-refractivity contribution in [2.75, 3.05) is 0 Å². The van der Waals surface area contributed by atoms with Crippen LogP contribution in [-0.4, -0.2) is 31.5 Å². The predicted octanol–water partition coefficient (Wildman–Crippen LogP) is 3.50. The molecule has 0 radical (unpaired) electrons. The van der Waals surface area contributed by atoms with E-state index in [9.17, 15) is 32.6 Å². The number of hydrogen-bond donors (Lipinski definition) is 2. The predicted molar refractivity (Wildman–Crippen MR) is 95.0 cm³/mol. The summed E-state index contributed by atoms with van der Waals surface area (Å²) < 4.78 is 61.3. The molecule has 10 heteroatoms. The van der Waals surface area contributed by atoms with Crippen molar-refractivity contribution in [1.82, 2.24) is 9.55 Å². The Morgan fingerprint density at radius 3 is 2.55 bits per heavy atom. The first-order valence-corrected chi connectivity index (χ1v) is 8.55. The summed E-state index contributed by atoms with van der Waals surface area (Å²) in [4.78, 5) is 15.4. The second kappa shape index (κ2) is 6.87. The third kappa shape index (κ3) is 3.84. The van der Waals surface area contributed by atoms with Crippen LogP contribution >= 0.6 is 0 Å². The van der Waals surface area contributed by atoms with Crippen LogP contribution in [0.3, 0.4) is 0 Å². The summed E-state index contributed by atoms with van der Waals surface area (Å²) in [5.74, 6) is -1.12. The highest BCUT2D eigenvalue weighted by molar-refractivity contribution is 5.67. The topological polar surface area (TPSA) is 88.5 Å². The van der Waals surface area contributed by atoms with E-state index in [0.717, 1.165) is 41.4 Å². The molecule has 0 amide bonds. The summed E-state index contributed by atoms with van der Waals surface area (Å²) >= 11 is 0. The van der Waals surface area contributed by atoms with Crippen molar-refractivity contribution in [1.29, 1.82) is 0 Å². The lowest BCUT2D eigenvalue weighted by atomic mass is 9.74. The molecule has 0 aliphatic heterocycles. The molecule has 3 aromatic rings. The van der Waals surface area contributed by atoms with Gasteiger partial charge in [-0.3, -0.25) is 4.79 Å². The maximum atomic E-state index is 13.9. The van der Waals surface area contributed by atoms with E-state index >= 15 is 0 Å². The van der Waals surface area contributed by atoms with Crippen molar-refractivity contribution in [2.24, 2.45) is 0 Å². The van der Waals surface area contributed by atoms with Gasteiger partial charge in [0.2, 0.25) is 11.1 Å². The fourth-order valence-electron chi connectivity index (χ4n) is 3.45. The van der Waals surface area contributed by atoms with Crippen molar-refractivity contribution < 1.29 is 32.2 Å². The number of pyridine rings is 1. The van der Waals surface area contributed by atoms with Crippen molar-refractivity contribution in [3.05, 3.63) is 58.5 Å². The first-order valence-electron chi connectivity index (χ1n) is 8.55. The number of aliphatic hydroxyl groups is 1. The highest BCUT2D eigenvalue weighted by Crippen LogP contribution is 2.44. The standard InChI is InChI=1S/C19H18F4N2O4/c1-17(2,12-7-11(20)3-4-13(12)26)8-18(28,19(21,22)23)9-25-6-5-14(27)15-16(25)29-10-24-15/h3-7,10,26,28H,8-9H2,1-2H3. The number of fused-ring (bicyclic) bond motifs is 1. The van der Waals surface area contributed by atoms with E-state index in [1.54, 1.807) is 0 Å². The highest BCUT2D eigenvalue weighted by atomic mass is 19.4. The second-order valence-electron chi connectivity index (χ2n) is 7.57. The van der Waals surface area contributed by atoms with E-state index < -0.39 is 41.4 Å². The summed E-state index contributed by atoms with van der Waals surface area (Å²) in [6.45, 7) is 1.71. The van der Waals surface area contributed by atoms with Gasteiger partial charge in [0.1, 0.15) is 11.6 Å². The van der Waals surface area contributed by atoms with Gasteiger partial charge in [0.15, 0.2) is 17.5 Å². The molecule has 0 saturated carbocycles. The van der Waals surface area contributed by atoms with Crippen molar-refractivity contribution in [3.8, 4) is 5.75 Å². The minimum atomic E-state index is -5.08. The van der Waals surface area contributed by atoms with Crippen LogP contribution in [0.5, 0.6) is 5.75 Å². The van der Waals surface area contributed by atoms with Gasteiger partial charge >= 0.3 is 6.18 Å². The number of oxazole rings is 1. The summed E-state index contributed by atoms with van der Waals surface area (Å²) in [6.07, 6.45) is -3.99. The SMILES string of the molecule is CC(C)(CC(O)(Cn1ccc(=O)c2ncoc21)C(F)(F)F)c1cc(F)ccc1O. The maximum absolute atomic E-state index is 13.9. The number of phenolic OH excluding ortho intramolecular Hbond substituents is 1. The fraction of sp³-hybridized carbons (Fsp3) is 0.368. The van der Waals surface area contributed by atoms with Crippen molar-refractivity contribution >= 4 is 11.2 Å². The normalized spacial score (nSPS) is 14.9. The van der Waals surface area contributed by atoms with E-state index in [-0.39, 0.29) is 22.5 Å². The average Bonchev–Trinajstić information content (AvgIpc) is 3.09. The molecule has 6 nitrogen and oxygen atoms in total. The van der Waals surface area contributed by atoms with E-state index in [0.29, 0.717) is 0 Å². The number of benzene rings is 1. The van der Waals surface area contributed by atoms with Crippen LogP contribution in [0.25, 0.3) is 11.2 Å². The van der Waals surface area contributed by atoms with Gasteiger partial charge in [-0.05, 0) is 30.0 Å². The van der Waals surface area contributed by atoms with Crippen LogP contribution in [0.2, 0.25) is 0 Å². The Labute approximate surface area is 162 Å². The molecule has 2 aromatic heterocycles. The Balaban J connectivity index is 2.05. The number of rotatable bonds is 5. The molecule has 0 aliphatic carbocycles. The Kier molecular flexibility index (Phi) is 4.94. The minimum absolute atomic E-state index is 0.0788. The van der Waals surface area contributed by atoms with Crippen LogP contribution in [-0.2, 0) is 12.0 Å². The van der Waals surface area contributed by atoms with Crippen molar-refractivity contribution in [2.45, 2.75) is 44.0 Å². The first-order chi connectivity index (χ1) is 13.3. The van der Waals surface area contributed by atoms with Gasteiger partial charge in [0.05, 0.1) is 6.54 Å². The smallest absolute Gasteiger partial charge is 0.418 e. The van der Waals surface area contributed by atoms with Gasteiger partial charge < -0.3 is 19.2 Å². The molecule has 0 spiro atoms. The second-order valence-corrected chi connectivity index (χ2v) is 7.57. The van der Waals surface area contributed by atoms with Gasteiger partial charge in [-0.1, -0.05) is 13.8 Å². The van der Waals surface area contributed by atoms with Gasteiger partial charge in [-0.25, -0.2) is 9.37 Å². The van der Waals surface area contributed by atoms with Crippen LogP contribution in [0.1, 0.15) is 25.8 Å². The molecule has 156 valence electrons. The van der Waals surface area contributed by atoms with E-state index in [1.807, 2.05) is 0 Å². The number of alkyl halides is 3. The lowest BCUT2D eigenvalue weighted by Gasteiger charge is -2.38. The zero-order valence-electron chi connectivity index (χ0n) is 15.5. The molecule has 0 fully saturated rings. The molecule has 1 atom stereocenters. The highest BCUT2D eigenvalue weighted by Gasteiger charge is 2.56. The summed E-state index contributed by atoms with van der Waals surface area (Å²) in [6, 6.07) is 3.97. The monoisotopic (exact) mass is 414 g/mol. The summed E-state index contributed by atoms with van der Waals surface area (Å²) in [7, 11) is 0. The van der Waals surface area contributed by atoms with Crippen LogP contribution in [0, 0.1) is 5.82 Å². The molecular formula is C19H18F4N2O4. The largest absolute Gasteiger partial charge is 0.508 e. The Morgan fingerprint density at radius 2 is 1.90 bits per heavy atom. The van der Waals surface area contributed by atoms with E-state index in [2.05, 4.69) is 4.98 Å². The minimum Gasteiger partial charge on any atom is -0.508 e. The van der Waals surface area contributed by atoms with E-state index in [4.69, 9.17) is 4.42 Å². The van der Waals surface area contributed by atoms with Gasteiger partial charge in [0.25, 0.3) is 0 Å². The third-order valence-electron chi connectivity index (χ3n) is 4.83. The molecule has 1 unspecified atom stereocenters. The number of aromatic nitrogens is 2. The molecule has 0 aliphatic rings. The van der Waals surface area contributed by atoms with Crippen LogP contribution in [0.4, 0.5) is 17.6 Å². The Morgan fingerprint density at radius 1 is 1.21 bits per heavy atom. The zero-order valence-corrected chi connectivity index (χ0v) is 15.5. The van der Waals surface area contributed by atoms with Crippen LogP contribution in [0.15, 0.2) is 46.1 Å². The average molecular weight is 414 g/mol. The molecule has 2 heterocycles. The fourth-order valence-corrected chi connectivity index (χ4v) is 3.45. The third-order valence-corrected chi connectivity index (χ3v) is 4.83. The molecule has 29 heavy (non-hydrogen) atoms. The van der Waals surface area contributed by atoms with Crippen molar-refractivity contribution in [3.63, 3.8) is 0 Å². The maximum Gasteiger partial charge on any atom is 0.418 e. The Bertz CT molecular complexity index is 1100. The van der Waals surface area contributed by atoms with Crippen LogP contribution < -0.4 is 5.43 Å². The quantitative estimate of drug-likeness (QED) is 0.624. The number of aromatic hydroxyl groups is 1. The molecule has 0 bridgehead atoms. The van der Waals surface area contributed by atoms with Gasteiger partial charge in [-0.15, -0.1) is 0 Å². The lowest BCUT2D eigenvalue weighted by molar-refractivity contribution is -0.271. The van der Waals surface area contributed by atoms with Gasteiger partial charge in [0, 0.05) is 17.8 Å². The number of nitrogens with zero attached hydrogens (tertiary/aromatic N) is 2. The summed E-state index contributed by atoms with van der Waals surface area (Å²) in [5, 5.41) is 20.7. The summed E-state index contributed by atoms with van der Waals surface area (Å²) in [5.41, 5.74) is -5.75. The molecular weight excluding hydrogens is 396 g/mol. The van der Waals surface area contributed by atoms with Gasteiger partial charge in [-0.2, -0.15) is 13.2 Å². The number of phenols is 1. The number of hydrogen-bond acceptors (Lipinski definition) is 5. The molecule has 2 N–H and O–H groups in total. The lowest BCUT2D eigenvalue weighted by Crippen LogP contribution is -2.52. The first kappa shape index (κ1) is 20.8. The molecule has 3 rings (SSSR count). The molecule has 1 aromatic carbocycles. The Hall–Kier alpha value is -2.88. The molecule has 0 saturated heterocycles. The zero-order chi connectivity index (χ0) is 21.6. The number of halogens is 4.